The van der Waals surface area contributed by atoms with Crippen molar-refractivity contribution in [2.45, 2.75) is 24.5 Å². The van der Waals surface area contributed by atoms with Crippen LogP contribution < -0.4 is 0 Å². The van der Waals surface area contributed by atoms with Crippen LogP contribution in [0.5, 0.6) is 0 Å². The van der Waals surface area contributed by atoms with Crippen LogP contribution in [0.2, 0.25) is 0 Å². The van der Waals surface area contributed by atoms with Gasteiger partial charge in [0.2, 0.25) is 0 Å². The molecule has 7 aromatic rings. The summed E-state index contributed by atoms with van der Waals surface area (Å²) >= 11 is 0. The molecule has 0 aromatic heterocycles. The zero-order valence-corrected chi connectivity index (χ0v) is 25.7. The molecule has 0 amide bonds. The molecule has 0 saturated heterocycles. The Morgan fingerprint density at radius 3 is 1.26 bits per heavy atom. The minimum atomic E-state index is -1.59. The van der Waals surface area contributed by atoms with Crippen LogP contribution in [0.25, 0.3) is 33.0 Å². The number of fused-ring (bicyclic) bond motifs is 3. The summed E-state index contributed by atoms with van der Waals surface area (Å²) in [4.78, 5) is 0. The van der Waals surface area contributed by atoms with Crippen LogP contribution in [0.15, 0.2) is 164 Å². The molecule has 0 heterocycles. The molecule has 0 saturated carbocycles. The number of hydrogen-bond donors (Lipinski definition) is 2. The molecule has 0 radical (unpaired) electrons. The molecule has 2 atom stereocenters. The van der Waals surface area contributed by atoms with Gasteiger partial charge in [0.05, 0.1) is 0 Å². The van der Waals surface area contributed by atoms with Crippen LogP contribution in [0.3, 0.4) is 0 Å². The predicted octanol–water partition coefficient (Wildman–Crippen LogP) is 9.62. The third kappa shape index (κ3) is 4.04. The maximum atomic E-state index is 13.8. The van der Waals surface area contributed by atoms with Crippen molar-refractivity contribution in [3.63, 3.8) is 0 Å². The molecule has 46 heavy (non-hydrogen) atoms. The maximum Gasteiger partial charge on any atom is 0.142 e. The minimum absolute atomic E-state index is 0.682. The van der Waals surface area contributed by atoms with Crippen molar-refractivity contribution < 1.29 is 10.2 Å². The highest BCUT2D eigenvalue weighted by Crippen LogP contribution is 2.60. The molecule has 8 rings (SSSR count). The lowest BCUT2D eigenvalue weighted by molar-refractivity contribution is 0.0758. The second-order valence-electron chi connectivity index (χ2n) is 12.2. The second kappa shape index (κ2) is 11.0. The van der Waals surface area contributed by atoms with Crippen LogP contribution in [0.4, 0.5) is 0 Å². The van der Waals surface area contributed by atoms with Gasteiger partial charge in [-0.05, 0) is 67.3 Å². The van der Waals surface area contributed by atoms with Crippen molar-refractivity contribution in [2.24, 2.45) is 0 Å². The van der Waals surface area contributed by atoms with Crippen molar-refractivity contribution in [1.82, 2.24) is 0 Å². The highest BCUT2D eigenvalue weighted by molar-refractivity contribution is 6.09. The molecule has 2 nitrogen and oxygen atoms in total. The first-order valence-corrected chi connectivity index (χ1v) is 16.0. The largest absolute Gasteiger partial charge is 0.376 e. The van der Waals surface area contributed by atoms with Crippen LogP contribution in [-0.4, -0.2) is 10.2 Å². The molecule has 0 unspecified atom stereocenters. The Balaban J connectivity index is 1.71. The van der Waals surface area contributed by atoms with Crippen molar-refractivity contribution in [3.05, 3.63) is 203 Å². The summed E-state index contributed by atoms with van der Waals surface area (Å²) < 4.78 is 0. The Morgan fingerprint density at radius 1 is 0.435 bits per heavy atom. The monoisotopic (exact) mass is 594 g/mol. The average Bonchev–Trinajstić information content (AvgIpc) is 3.14. The molecule has 0 fully saturated rings. The quantitative estimate of drug-likeness (QED) is 0.208. The molecule has 7 aromatic carbocycles. The third-order valence-corrected chi connectivity index (χ3v) is 9.72. The van der Waals surface area contributed by atoms with Gasteiger partial charge in [0.1, 0.15) is 11.2 Å². The van der Waals surface area contributed by atoms with Gasteiger partial charge in [-0.1, -0.05) is 171 Å². The lowest BCUT2D eigenvalue weighted by Gasteiger charge is -2.48. The summed E-state index contributed by atoms with van der Waals surface area (Å²) in [5, 5.41) is 29.6. The Labute approximate surface area is 269 Å². The van der Waals surface area contributed by atoms with Gasteiger partial charge >= 0.3 is 0 Å². The van der Waals surface area contributed by atoms with Crippen molar-refractivity contribution in [1.29, 1.82) is 0 Å². The van der Waals surface area contributed by atoms with Gasteiger partial charge in [-0.25, -0.2) is 0 Å². The molecule has 0 aliphatic heterocycles. The van der Waals surface area contributed by atoms with Gasteiger partial charge < -0.3 is 10.2 Å². The molecule has 1 aliphatic carbocycles. The van der Waals surface area contributed by atoms with Gasteiger partial charge in [-0.15, -0.1) is 0 Å². The molecule has 0 spiro atoms. The molecular formula is C44H34O2. The fourth-order valence-corrected chi connectivity index (χ4v) is 7.63. The molecule has 1 aliphatic rings. The average molecular weight is 595 g/mol. The van der Waals surface area contributed by atoms with E-state index in [1.807, 2.05) is 103 Å². The number of rotatable bonds is 5. The number of hydrogen-bond acceptors (Lipinski definition) is 2. The van der Waals surface area contributed by atoms with Gasteiger partial charge in [0.15, 0.2) is 0 Å². The van der Waals surface area contributed by atoms with Crippen LogP contribution in [0.1, 0.15) is 45.9 Å². The van der Waals surface area contributed by atoms with Crippen LogP contribution >= 0.6 is 0 Å². The molecular weight excluding hydrogens is 560 g/mol. The number of aryl methyl sites for hydroxylation is 1. The zero-order chi connectivity index (χ0) is 31.3. The summed E-state index contributed by atoms with van der Waals surface area (Å²) in [5.74, 6) is 0. The summed E-state index contributed by atoms with van der Waals surface area (Å²) in [6.45, 7) is 2.12. The maximum absolute atomic E-state index is 13.8. The van der Waals surface area contributed by atoms with E-state index in [9.17, 15) is 10.2 Å². The topological polar surface area (TPSA) is 40.5 Å². The lowest BCUT2D eigenvalue weighted by Crippen LogP contribution is -2.45. The highest BCUT2D eigenvalue weighted by Gasteiger charge is 2.54. The lowest BCUT2D eigenvalue weighted by atomic mass is 9.59. The fraction of sp³-hybridized carbons (Fsp3) is 0.0909. The Hall–Kier alpha value is -5.28. The van der Waals surface area contributed by atoms with Crippen molar-refractivity contribution >= 4 is 10.8 Å². The van der Waals surface area contributed by atoms with Crippen LogP contribution in [0, 0.1) is 0 Å². The SMILES string of the molecule is CCc1ccc2c(c1)[C@@](O)(c1ccccc1)c1c(c(-c3ccccc3)c3ccccc3c1-c1ccccc1)[C@@]2(O)c1ccccc1. The highest BCUT2D eigenvalue weighted by atomic mass is 16.3. The predicted molar refractivity (Wildman–Crippen MR) is 188 cm³/mol. The van der Waals surface area contributed by atoms with E-state index in [0.717, 1.165) is 56.1 Å². The molecule has 0 bridgehead atoms. The molecule has 2 heteroatoms. The standard InChI is InChI=1S/C44H34O2/c1-2-30-27-28-37-38(29-30)44(46,34-23-13-6-14-24-34)42-40(32-19-9-4-10-20-32)36-26-16-15-25-35(36)39(31-17-7-3-8-18-31)41(42)43(37,45)33-21-11-5-12-22-33/h3-29,45-46H,2H2,1H3/t43-,44+/m1/s1. The van der Waals surface area contributed by atoms with E-state index >= 15 is 0 Å². The van der Waals surface area contributed by atoms with Crippen molar-refractivity contribution in [3.8, 4) is 22.3 Å². The zero-order valence-electron chi connectivity index (χ0n) is 25.7. The van der Waals surface area contributed by atoms with E-state index in [4.69, 9.17) is 0 Å². The Kier molecular flexibility index (Phi) is 6.72. The second-order valence-corrected chi connectivity index (χ2v) is 12.2. The van der Waals surface area contributed by atoms with Crippen LogP contribution in [-0.2, 0) is 17.6 Å². The van der Waals surface area contributed by atoms with E-state index in [0.29, 0.717) is 22.3 Å². The summed E-state index contributed by atoms with van der Waals surface area (Å²) in [7, 11) is 0. The molecule has 2 N–H and O–H groups in total. The normalized spacial score (nSPS) is 18.6. The van der Waals surface area contributed by atoms with E-state index in [2.05, 4.69) is 67.6 Å². The van der Waals surface area contributed by atoms with Gasteiger partial charge in [0.25, 0.3) is 0 Å². The number of aliphatic hydroxyl groups is 2. The first-order chi connectivity index (χ1) is 22.6. The van der Waals surface area contributed by atoms with E-state index in [1.54, 1.807) is 0 Å². The fourth-order valence-electron chi connectivity index (χ4n) is 7.63. The first-order valence-electron chi connectivity index (χ1n) is 16.0. The molecule has 222 valence electrons. The van der Waals surface area contributed by atoms with Gasteiger partial charge in [-0.3, -0.25) is 0 Å². The van der Waals surface area contributed by atoms with E-state index in [-0.39, 0.29) is 0 Å². The van der Waals surface area contributed by atoms with Gasteiger partial charge in [-0.2, -0.15) is 0 Å². The van der Waals surface area contributed by atoms with E-state index in [1.165, 1.54) is 0 Å². The number of benzene rings is 7. The Bertz CT molecular complexity index is 2190. The van der Waals surface area contributed by atoms with Gasteiger partial charge in [0, 0.05) is 11.1 Å². The third-order valence-electron chi connectivity index (χ3n) is 9.72. The Morgan fingerprint density at radius 2 is 0.826 bits per heavy atom. The smallest absolute Gasteiger partial charge is 0.142 e. The summed E-state index contributed by atoms with van der Waals surface area (Å²) in [6.07, 6.45) is 0.799. The summed E-state index contributed by atoms with van der Waals surface area (Å²) in [6, 6.07) is 55.1. The summed E-state index contributed by atoms with van der Waals surface area (Å²) in [5.41, 5.74) is 6.01. The minimum Gasteiger partial charge on any atom is -0.376 e. The first kappa shape index (κ1) is 28.2. The van der Waals surface area contributed by atoms with Crippen molar-refractivity contribution in [2.75, 3.05) is 0 Å². The van der Waals surface area contributed by atoms with E-state index < -0.39 is 11.2 Å².